The Morgan fingerprint density at radius 2 is 2.40 bits per heavy atom. The van der Waals surface area contributed by atoms with E-state index in [1.807, 2.05) is 19.9 Å². The normalized spacial score (nSPS) is 10.4. The standard InChI is InChI=1S/C10H13BrN2O2/c1-7(2)15-6-9(14)13-10-8(11)4-3-5-12-10/h3-5,7H,6H2,1-2H3,(H,12,13,14). The van der Waals surface area contributed by atoms with Crippen molar-refractivity contribution in [2.75, 3.05) is 11.9 Å². The predicted molar refractivity (Wildman–Crippen MR) is 61.7 cm³/mol. The molecule has 1 amide bonds. The minimum atomic E-state index is -0.205. The van der Waals surface area contributed by atoms with Crippen LogP contribution in [0.25, 0.3) is 0 Å². The number of hydrogen-bond acceptors (Lipinski definition) is 3. The van der Waals surface area contributed by atoms with Crippen LogP contribution in [-0.4, -0.2) is 23.6 Å². The summed E-state index contributed by atoms with van der Waals surface area (Å²) in [6.45, 7) is 3.80. The summed E-state index contributed by atoms with van der Waals surface area (Å²) in [6.07, 6.45) is 1.66. The van der Waals surface area contributed by atoms with Crippen LogP contribution in [0.3, 0.4) is 0 Å². The molecule has 4 nitrogen and oxygen atoms in total. The van der Waals surface area contributed by atoms with Crippen LogP contribution < -0.4 is 5.32 Å². The molecule has 0 unspecified atom stereocenters. The molecule has 5 heteroatoms. The Labute approximate surface area is 97.2 Å². The molecule has 0 saturated carbocycles. The number of carbonyl (C=O) groups is 1. The lowest BCUT2D eigenvalue weighted by atomic mass is 10.4. The summed E-state index contributed by atoms with van der Waals surface area (Å²) < 4.78 is 5.91. The molecule has 15 heavy (non-hydrogen) atoms. The number of anilines is 1. The van der Waals surface area contributed by atoms with E-state index in [0.717, 1.165) is 4.47 Å². The van der Waals surface area contributed by atoms with Crippen molar-refractivity contribution in [2.45, 2.75) is 20.0 Å². The Kier molecular flexibility index (Phi) is 4.71. The molecule has 82 valence electrons. The van der Waals surface area contributed by atoms with Gasteiger partial charge in [-0.1, -0.05) is 0 Å². The van der Waals surface area contributed by atoms with Gasteiger partial charge in [0.05, 0.1) is 10.6 Å². The molecule has 0 fully saturated rings. The summed E-state index contributed by atoms with van der Waals surface area (Å²) >= 11 is 3.29. The predicted octanol–water partition coefficient (Wildman–Crippen LogP) is 2.21. The minimum absolute atomic E-state index is 0.0423. The van der Waals surface area contributed by atoms with E-state index in [4.69, 9.17) is 4.74 Å². The Morgan fingerprint density at radius 3 is 3.00 bits per heavy atom. The topological polar surface area (TPSA) is 51.2 Å². The van der Waals surface area contributed by atoms with Crippen LogP contribution in [0.4, 0.5) is 5.82 Å². The number of nitrogens with zero attached hydrogens (tertiary/aromatic N) is 1. The van der Waals surface area contributed by atoms with Gasteiger partial charge in [-0.3, -0.25) is 4.79 Å². The highest BCUT2D eigenvalue weighted by molar-refractivity contribution is 9.10. The summed E-state index contributed by atoms with van der Waals surface area (Å²) in [6, 6.07) is 3.59. The number of ether oxygens (including phenoxy) is 1. The van der Waals surface area contributed by atoms with Crippen molar-refractivity contribution in [3.63, 3.8) is 0 Å². The number of carbonyl (C=O) groups excluding carboxylic acids is 1. The zero-order valence-electron chi connectivity index (χ0n) is 8.66. The molecular weight excluding hydrogens is 260 g/mol. The molecule has 1 aromatic heterocycles. The first-order chi connectivity index (χ1) is 7.09. The molecule has 0 spiro atoms. The maximum absolute atomic E-state index is 11.4. The minimum Gasteiger partial charge on any atom is -0.369 e. The van der Waals surface area contributed by atoms with Crippen molar-refractivity contribution < 1.29 is 9.53 Å². The van der Waals surface area contributed by atoms with E-state index in [1.165, 1.54) is 0 Å². The van der Waals surface area contributed by atoms with Crippen LogP contribution in [0.2, 0.25) is 0 Å². The number of nitrogens with one attached hydrogen (secondary N) is 1. The van der Waals surface area contributed by atoms with Crippen LogP contribution in [0.5, 0.6) is 0 Å². The van der Waals surface area contributed by atoms with Crippen LogP contribution in [-0.2, 0) is 9.53 Å². The largest absolute Gasteiger partial charge is 0.369 e. The maximum atomic E-state index is 11.4. The Bertz CT molecular complexity index is 342. The van der Waals surface area contributed by atoms with Crippen molar-refractivity contribution in [2.24, 2.45) is 0 Å². The zero-order chi connectivity index (χ0) is 11.3. The number of amides is 1. The highest BCUT2D eigenvalue weighted by Crippen LogP contribution is 2.17. The second-order valence-electron chi connectivity index (χ2n) is 3.24. The fraction of sp³-hybridized carbons (Fsp3) is 0.400. The molecule has 0 aliphatic heterocycles. The van der Waals surface area contributed by atoms with E-state index in [1.54, 1.807) is 12.3 Å². The van der Waals surface area contributed by atoms with Crippen molar-refractivity contribution in [3.8, 4) is 0 Å². The molecule has 0 atom stereocenters. The van der Waals surface area contributed by atoms with Crippen LogP contribution in [0.1, 0.15) is 13.8 Å². The molecule has 0 aliphatic carbocycles. The van der Waals surface area contributed by atoms with Gasteiger partial charge < -0.3 is 10.1 Å². The van der Waals surface area contributed by atoms with Gasteiger partial charge in [0.25, 0.3) is 5.91 Å². The molecule has 0 radical (unpaired) electrons. The fourth-order valence-electron chi connectivity index (χ4n) is 0.888. The van der Waals surface area contributed by atoms with Gasteiger partial charge in [0.2, 0.25) is 0 Å². The van der Waals surface area contributed by atoms with Gasteiger partial charge in [0, 0.05) is 6.20 Å². The highest BCUT2D eigenvalue weighted by Gasteiger charge is 2.06. The molecule has 1 N–H and O–H groups in total. The monoisotopic (exact) mass is 272 g/mol. The highest BCUT2D eigenvalue weighted by atomic mass is 79.9. The van der Waals surface area contributed by atoms with Gasteiger partial charge in [-0.25, -0.2) is 4.98 Å². The van der Waals surface area contributed by atoms with Gasteiger partial charge in [-0.05, 0) is 41.9 Å². The van der Waals surface area contributed by atoms with Crippen LogP contribution in [0.15, 0.2) is 22.8 Å². The first-order valence-corrected chi connectivity index (χ1v) is 5.41. The van der Waals surface area contributed by atoms with Gasteiger partial charge in [0.15, 0.2) is 0 Å². The van der Waals surface area contributed by atoms with E-state index in [9.17, 15) is 4.79 Å². The SMILES string of the molecule is CC(C)OCC(=O)Nc1ncccc1Br. The van der Waals surface area contributed by atoms with Crippen molar-refractivity contribution in [1.82, 2.24) is 4.98 Å². The maximum Gasteiger partial charge on any atom is 0.251 e. The third-order valence-corrected chi connectivity index (χ3v) is 2.20. The van der Waals surface area contributed by atoms with Gasteiger partial charge in [-0.2, -0.15) is 0 Å². The second kappa shape index (κ2) is 5.82. The quantitative estimate of drug-likeness (QED) is 0.915. The Balaban J connectivity index is 2.48. The molecule has 0 aliphatic rings. The van der Waals surface area contributed by atoms with Crippen LogP contribution >= 0.6 is 15.9 Å². The Morgan fingerprint density at radius 1 is 1.67 bits per heavy atom. The fourth-order valence-corrected chi connectivity index (χ4v) is 1.24. The van der Waals surface area contributed by atoms with E-state index >= 15 is 0 Å². The van der Waals surface area contributed by atoms with Crippen LogP contribution in [0, 0.1) is 0 Å². The average molecular weight is 273 g/mol. The van der Waals surface area contributed by atoms with E-state index < -0.39 is 0 Å². The summed E-state index contributed by atoms with van der Waals surface area (Å²) in [4.78, 5) is 15.4. The van der Waals surface area contributed by atoms with E-state index in [0.29, 0.717) is 5.82 Å². The smallest absolute Gasteiger partial charge is 0.251 e. The first kappa shape index (κ1) is 12.1. The first-order valence-electron chi connectivity index (χ1n) is 4.61. The third-order valence-electron chi connectivity index (χ3n) is 1.56. The molecule has 1 aromatic rings. The zero-order valence-corrected chi connectivity index (χ0v) is 10.2. The van der Waals surface area contributed by atoms with Crippen molar-refractivity contribution in [1.29, 1.82) is 0 Å². The summed E-state index contributed by atoms with van der Waals surface area (Å²) in [5, 5.41) is 2.64. The number of halogens is 1. The van der Waals surface area contributed by atoms with E-state index in [-0.39, 0.29) is 18.6 Å². The summed E-state index contributed by atoms with van der Waals surface area (Å²) in [5.41, 5.74) is 0. The molecule has 1 heterocycles. The number of pyridine rings is 1. The lowest BCUT2D eigenvalue weighted by Crippen LogP contribution is -2.21. The molecule has 1 rings (SSSR count). The van der Waals surface area contributed by atoms with E-state index in [2.05, 4.69) is 26.2 Å². The van der Waals surface area contributed by atoms with Gasteiger partial charge in [0.1, 0.15) is 12.4 Å². The van der Waals surface area contributed by atoms with Gasteiger partial charge >= 0.3 is 0 Å². The lowest BCUT2D eigenvalue weighted by molar-refractivity contribution is -0.121. The number of rotatable bonds is 4. The number of hydrogen-bond donors (Lipinski definition) is 1. The molecule has 0 saturated heterocycles. The number of aromatic nitrogens is 1. The molecule has 0 aromatic carbocycles. The molecular formula is C10H13BrN2O2. The lowest BCUT2D eigenvalue weighted by Gasteiger charge is -2.08. The molecule has 0 bridgehead atoms. The summed E-state index contributed by atoms with van der Waals surface area (Å²) in [5.74, 6) is 0.304. The Hall–Kier alpha value is -0.940. The van der Waals surface area contributed by atoms with Crippen molar-refractivity contribution in [3.05, 3.63) is 22.8 Å². The second-order valence-corrected chi connectivity index (χ2v) is 4.10. The van der Waals surface area contributed by atoms with Crippen molar-refractivity contribution >= 4 is 27.7 Å². The third kappa shape index (κ3) is 4.40. The van der Waals surface area contributed by atoms with Gasteiger partial charge in [-0.15, -0.1) is 0 Å². The average Bonchev–Trinajstić information content (AvgIpc) is 2.18. The summed E-state index contributed by atoms with van der Waals surface area (Å²) in [7, 11) is 0.